The Kier molecular flexibility index (Phi) is 4.37. The zero-order chi connectivity index (χ0) is 24.7. The number of fused-ring (bicyclic) bond motifs is 4. The summed E-state index contributed by atoms with van der Waals surface area (Å²) < 4.78 is 6.62. The zero-order valence-electron chi connectivity index (χ0n) is 22.6. The zero-order valence-corrected chi connectivity index (χ0v) is 22.6. The van der Waals surface area contributed by atoms with Crippen LogP contribution in [0.1, 0.15) is 113 Å². The normalized spacial score (nSPS) is 57.1. The van der Waals surface area contributed by atoms with Gasteiger partial charge in [0.1, 0.15) is 11.4 Å². The predicted octanol–water partition coefficient (Wildman–Crippen LogP) is 6.09. The largest absolute Gasteiger partial charge is 0.455 e. The number of rotatable bonds is 0. The van der Waals surface area contributed by atoms with Crippen molar-refractivity contribution in [2.24, 2.45) is 50.2 Å². The second-order valence-electron chi connectivity index (χ2n) is 15.6. The molecule has 5 saturated carbocycles. The van der Waals surface area contributed by atoms with Gasteiger partial charge in [-0.3, -0.25) is 9.59 Å². The number of hydrogen-bond donors (Lipinski definition) is 1. The average Bonchev–Trinajstić information content (AvgIpc) is 2.93. The van der Waals surface area contributed by atoms with Crippen LogP contribution >= 0.6 is 0 Å². The van der Waals surface area contributed by atoms with E-state index >= 15 is 0 Å². The van der Waals surface area contributed by atoms with Crippen molar-refractivity contribution in [2.75, 3.05) is 0 Å². The number of aliphatic hydroxyl groups is 1. The predicted molar refractivity (Wildman–Crippen MR) is 131 cm³/mol. The Morgan fingerprint density at radius 3 is 2.21 bits per heavy atom. The maximum Gasteiger partial charge on any atom is 0.313 e. The molecule has 6 aliphatic rings. The summed E-state index contributed by atoms with van der Waals surface area (Å²) >= 11 is 0. The molecule has 0 unspecified atom stereocenters. The molecule has 0 aromatic heterocycles. The summed E-state index contributed by atoms with van der Waals surface area (Å²) in [6.45, 7) is 16.3. The highest BCUT2D eigenvalue weighted by Gasteiger charge is 2.83. The van der Waals surface area contributed by atoms with Crippen LogP contribution in [0.3, 0.4) is 0 Å². The molecule has 4 nitrogen and oxygen atoms in total. The van der Waals surface area contributed by atoms with Crippen LogP contribution in [0.2, 0.25) is 0 Å². The molecule has 0 radical (unpaired) electrons. The third-order valence-electron chi connectivity index (χ3n) is 13.8. The van der Waals surface area contributed by atoms with Crippen LogP contribution in [0.25, 0.3) is 0 Å². The Morgan fingerprint density at radius 1 is 0.824 bits per heavy atom. The van der Waals surface area contributed by atoms with Crippen molar-refractivity contribution in [1.29, 1.82) is 0 Å². The topological polar surface area (TPSA) is 63.6 Å². The molecule has 4 heteroatoms. The van der Waals surface area contributed by atoms with E-state index in [0.29, 0.717) is 30.5 Å². The lowest BCUT2D eigenvalue weighted by molar-refractivity contribution is -0.311. The van der Waals surface area contributed by atoms with Crippen molar-refractivity contribution in [2.45, 2.75) is 124 Å². The van der Waals surface area contributed by atoms with Gasteiger partial charge in [-0.2, -0.15) is 0 Å². The first kappa shape index (κ1) is 23.5. The first-order valence-electron chi connectivity index (χ1n) is 14.1. The first-order valence-corrected chi connectivity index (χ1v) is 14.1. The smallest absolute Gasteiger partial charge is 0.313 e. The second kappa shape index (κ2) is 6.32. The van der Waals surface area contributed by atoms with Gasteiger partial charge < -0.3 is 9.84 Å². The molecule has 34 heavy (non-hydrogen) atoms. The fourth-order valence-electron chi connectivity index (χ4n) is 11.6. The minimum absolute atomic E-state index is 0.0119. The van der Waals surface area contributed by atoms with Gasteiger partial charge in [-0.25, -0.2) is 0 Å². The minimum atomic E-state index is -0.769. The van der Waals surface area contributed by atoms with Gasteiger partial charge in [-0.15, -0.1) is 0 Å². The van der Waals surface area contributed by atoms with E-state index < -0.39 is 11.7 Å². The fourth-order valence-corrected chi connectivity index (χ4v) is 11.6. The van der Waals surface area contributed by atoms with E-state index in [9.17, 15) is 14.7 Å². The van der Waals surface area contributed by atoms with E-state index in [1.54, 1.807) is 0 Å². The minimum Gasteiger partial charge on any atom is -0.455 e. The van der Waals surface area contributed by atoms with Gasteiger partial charge in [0.05, 0.1) is 11.5 Å². The number of ketones is 1. The molecule has 2 bridgehead atoms. The van der Waals surface area contributed by atoms with Crippen molar-refractivity contribution in [3.63, 3.8) is 0 Å². The summed E-state index contributed by atoms with van der Waals surface area (Å²) in [6.07, 6.45) is 8.56. The lowest BCUT2D eigenvalue weighted by Gasteiger charge is -2.74. The molecule has 1 N–H and O–H groups in total. The molecule has 0 amide bonds. The molecular weight excluding hydrogens is 424 g/mol. The van der Waals surface area contributed by atoms with E-state index in [-0.39, 0.29) is 44.4 Å². The Bertz CT molecular complexity index is 967. The number of aliphatic hydroxyl groups excluding tert-OH is 1. The highest BCUT2D eigenvalue weighted by Crippen LogP contribution is 2.80. The van der Waals surface area contributed by atoms with Gasteiger partial charge in [0.25, 0.3) is 0 Å². The number of Topliss-reactive ketones (excluding diaryl/α,β-unsaturated/α-hetero) is 1. The summed E-state index contributed by atoms with van der Waals surface area (Å²) in [5.41, 5.74) is -1.54. The van der Waals surface area contributed by atoms with Crippen molar-refractivity contribution in [1.82, 2.24) is 0 Å². The van der Waals surface area contributed by atoms with Crippen LogP contribution in [0.5, 0.6) is 0 Å². The molecule has 1 heterocycles. The third-order valence-corrected chi connectivity index (χ3v) is 13.8. The van der Waals surface area contributed by atoms with E-state index in [1.807, 2.05) is 0 Å². The molecule has 1 spiro atoms. The SMILES string of the molecule is CC1(C)CC[C@@]23CC[C@]4(C)[C@@](OC2=O)([C@@H]3C1)[C@@H](O)C[C@@H]1[C@@]2(C)CCC(=O)C(C)(C)[C@@H]2CC[C@]14C. The molecule has 0 aromatic carbocycles. The molecule has 6 fully saturated rings. The Hall–Kier alpha value is -0.900. The van der Waals surface area contributed by atoms with Gasteiger partial charge in [0, 0.05) is 23.2 Å². The van der Waals surface area contributed by atoms with Crippen LogP contribution < -0.4 is 0 Å². The molecule has 1 aliphatic heterocycles. The molecule has 5 aliphatic carbocycles. The Morgan fingerprint density at radius 2 is 1.50 bits per heavy atom. The van der Waals surface area contributed by atoms with Crippen molar-refractivity contribution in [3.8, 4) is 0 Å². The highest BCUT2D eigenvalue weighted by molar-refractivity contribution is 5.85. The average molecular weight is 471 g/mol. The first-order chi connectivity index (χ1) is 15.6. The molecular formula is C30H46O4. The number of carbonyl (C=O) groups excluding carboxylic acids is 2. The lowest BCUT2D eigenvalue weighted by atomic mass is 9.30. The van der Waals surface area contributed by atoms with E-state index in [2.05, 4.69) is 48.5 Å². The van der Waals surface area contributed by atoms with Crippen LogP contribution in [0.4, 0.5) is 0 Å². The molecule has 6 rings (SSSR count). The van der Waals surface area contributed by atoms with Crippen molar-refractivity contribution >= 4 is 11.8 Å². The van der Waals surface area contributed by atoms with E-state index in [4.69, 9.17) is 4.74 Å². The van der Waals surface area contributed by atoms with Crippen LogP contribution in [0, 0.1) is 50.2 Å². The van der Waals surface area contributed by atoms with Gasteiger partial charge in [-0.1, -0.05) is 48.5 Å². The van der Waals surface area contributed by atoms with Crippen molar-refractivity contribution in [3.05, 3.63) is 0 Å². The van der Waals surface area contributed by atoms with Crippen LogP contribution in [-0.4, -0.2) is 28.6 Å². The van der Waals surface area contributed by atoms with Gasteiger partial charge >= 0.3 is 5.97 Å². The lowest BCUT2D eigenvalue weighted by Crippen LogP contribution is -2.76. The summed E-state index contributed by atoms with van der Waals surface area (Å²) in [6, 6.07) is 0. The number of hydrogen-bond acceptors (Lipinski definition) is 4. The molecule has 1 saturated heterocycles. The number of carbonyl (C=O) groups is 2. The number of ether oxygens (including phenoxy) is 1. The quantitative estimate of drug-likeness (QED) is 0.435. The summed E-state index contributed by atoms with van der Waals surface area (Å²) in [5.74, 6) is 1.20. The van der Waals surface area contributed by atoms with E-state index in [0.717, 1.165) is 51.4 Å². The van der Waals surface area contributed by atoms with Crippen LogP contribution in [-0.2, 0) is 14.3 Å². The standard InChI is InChI=1S/C30H46O4/c1-24(2)12-14-29-15-13-28(7)27(6)11-8-18-25(3,4)21(31)9-10-26(18,5)19(27)16-22(32)30(28,20(29)17-24)34-23(29)33/h18-20,22,32H,8-17H2,1-7H3/t18-,19+,20+,22-,26-,27+,28-,29-,30+/m0/s1. The van der Waals surface area contributed by atoms with E-state index in [1.165, 1.54) is 0 Å². The monoisotopic (exact) mass is 470 g/mol. The maximum absolute atomic E-state index is 13.7. The Balaban J connectivity index is 1.50. The molecule has 9 atom stereocenters. The second-order valence-corrected chi connectivity index (χ2v) is 15.6. The highest BCUT2D eigenvalue weighted by atomic mass is 16.6. The van der Waals surface area contributed by atoms with Gasteiger partial charge in [0.2, 0.25) is 0 Å². The van der Waals surface area contributed by atoms with Gasteiger partial charge in [0.15, 0.2) is 0 Å². The molecule has 0 aromatic rings. The van der Waals surface area contributed by atoms with Crippen molar-refractivity contribution < 1.29 is 19.4 Å². The number of esters is 1. The Labute approximate surface area is 206 Å². The maximum atomic E-state index is 13.7. The summed E-state index contributed by atoms with van der Waals surface area (Å²) in [5, 5.41) is 12.2. The fraction of sp³-hybridized carbons (Fsp3) is 0.933. The summed E-state index contributed by atoms with van der Waals surface area (Å²) in [4.78, 5) is 26.6. The van der Waals surface area contributed by atoms with Gasteiger partial charge in [-0.05, 0) is 85.9 Å². The molecule has 190 valence electrons. The summed E-state index contributed by atoms with van der Waals surface area (Å²) in [7, 11) is 0. The third kappa shape index (κ3) is 2.28. The van der Waals surface area contributed by atoms with Crippen LogP contribution in [0.15, 0.2) is 0 Å².